The number of nitrogens with one attached hydrogen (secondary N) is 2. The molecule has 23 heavy (non-hydrogen) atoms. The van der Waals surface area contributed by atoms with Crippen LogP contribution < -0.4 is 10.6 Å². The van der Waals surface area contributed by atoms with Crippen LogP contribution in [0.3, 0.4) is 0 Å². The van der Waals surface area contributed by atoms with Crippen LogP contribution in [-0.4, -0.2) is 47.6 Å². The molecule has 2 amide bonds. The summed E-state index contributed by atoms with van der Waals surface area (Å²) in [4.78, 5) is 38.6. The molecule has 0 saturated carbocycles. The topological polar surface area (TPSA) is 118 Å². The Kier molecular flexibility index (Phi) is 7.63. The molecule has 1 heterocycles. The van der Waals surface area contributed by atoms with Crippen LogP contribution in [-0.2, 0) is 25.5 Å². The second kappa shape index (κ2) is 9.21. The molecule has 1 unspecified atom stereocenters. The van der Waals surface area contributed by atoms with Gasteiger partial charge in [0.25, 0.3) is 0 Å². The highest BCUT2D eigenvalue weighted by molar-refractivity contribution is 7.13. The number of hydrogen-bond donors (Lipinski definition) is 3. The van der Waals surface area contributed by atoms with E-state index in [2.05, 4.69) is 15.6 Å². The van der Waals surface area contributed by atoms with Gasteiger partial charge in [0.2, 0.25) is 11.8 Å². The molecule has 128 valence electrons. The molecular weight excluding hydrogens is 322 g/mol. The number of ether oxygens (including phenoxy) is 1. The number of amides is 2. The zero-order chi connectivity index (χ0) is 17.4. The Morgan fingerprint density at radius 2 is 2.09 bits per heavy atom. The third-order valence-electron chi connectivity index (χ3n) is 2.89. The Hall–Kier alpha value is -2.00. The smallest absolute Gasteiger partial charge is 0.326 e. The first-order valence-electron chi connectivity index (χ1n) is 7.09. The number of rotatable bonds is 9. The van der Waals surface area contributed by atoms with Gasteiger partial charge in [0.15, 0.2) is 5.13 Å². The van der Waals surface area contributed by atoms with Crippen molar-refractivity contribution in [3.63, 3.8) is 0 Å². The molecular formula is C14H21N3O5S. The lowest BCUT2D eigenvalue weighted by atomic mass is 10.2. The maximum absolute atomic E-state index is 11.9. The Labute approximate surface area is 138 Å². The van der Waals surface area contributed by atoms with E-state index >= 15 is 0 Å². The summed E-state index contributed by atoms with van der Waals surface area (Å²) in [7, 11) is 1.46. The van der Waals surface area contributed by atoms with Crippen molar-refractivity contribution in [2.45, 2.75) is 32.7 Å². The fourth-order valence-corrected chi connectivity index (χ4v) is 2.31. The van der Waals surface area contributed by atoms with Crippen LogP contribution >= 0.6 is 11.3 Å². The Bertz CT molecular complexity index is 558. The highest BCUT2D eigenvalue weighted by Gasteiger charge is 2.20. The molecule has 0 saturated heterocycles. The lowest BCUT2D eigenvalue weighted by molar-refractivity contribution is -0.142. The second-order valence-corrected chi connectivity index (χ2v) is 6.06. The van der Waals surface area contributed by atoms with Crippen molar-refractivity contribution in [3.8, 4) is 0 Å². The van der Waals surface area contributed by atoms with Crippen molar-refractivity contribution >= 4 is 34.3 Å². The first-order chi connectivity index (χ1) is 10.8. The summed E-state index contributed by atoms with van der Waals surface area (Å²) in [6, 6.07) is -0.999. The van der Waals surface area contributed by atoms with Crippen molar-refractivity contribution < 1.29 is 24.2 Å². The molecule has 1 aromatic heterocycles. The normalized spacial score (nSPS) is 12.0. The largest absolute Gasteiger partial charge is 0.480 e. The molecule has 0 spiro atoms. The molecule has 0 bridgehead atoms. The van der Waals surface area contributed by atoms with Crippen molar-refractivity contribution in [2.24, 2.45) is 5.92 Å². The number of carboxylic acid groups (broad SMARTS) is 1. The van der Waals surface area contributed by atoms with Gasteiger partial charge in [-0.2, -0.15) is 0 Å². The number of aliphatic carboxylic acids is 1. The maximum atomic E-state index is 11.9. The van der Waals surface area contributed by atoms with E-state index < -0.39 is 17.9 Å². The van der Waals surface area contributed by atoms with Crippen molar-refractivity contribution in [1.82, 2.24) is 10.3 Å². The minimum atomic E-state index is -1.11. The minimum Gasteiger partial charge on any atom is -0.480 e. The van der Waals surface area contributed by atoms with E-state index in [1.807, 2.05) is 0 Å². The van der Waals surface area contributed by atoms with E-state index in [4.69, 9.17) is 9.84 Å². The van der Waals surface area contributed by atoms with Gasteiger partial charge in [0.05, 0.1) is 12.1 Å². The van der Waals surface area contributed by atoms with E-state index in [-0.39, 0.29) is 31.3 Å². The van der Waals surface area contributed by atoms with Crippen molar-refractivity contribution in [3.05, 3.63) is 11.1 Å². The second-order valence-electron chi connectivity index (χ2n) is 5.20. The highest BCUT2D eigenvalue weighted by Crippen LogP contribution is 2.16. The summed E-state index contributed by atoms with van der Waals surface area (Å²) in [6.45, 7) is 3.77. The third-order valence-corrected chi connectivity index (χ3v) is 3.70. The van der Waals surface area contributed by atoms with Crippen molar-refractivity contribution in [1.29, 1.82) is 0 Å². The van der Waals surface area contributed by atoms with Gasteiger partial charge >= 0.3 is 5.97 Å². The Morgan fingerprint density at radius 1 is 1.39 bits per heavy atom. The zero-order valence-electron chi connectivity index (χ0n) is 13.3. The summed E-state index contributed by atoms with van der Waals surface area (Å²) in [6.07, 6.45) is 0.134. The van der Waals surface area contributed by atoms with Crippen molar-refractivity contribution in [2.75, 3.05) is 19.0 Å². The number of aromatic nitrogens is 1. The predicted octanol–water partition coefficient (Wildman–Crippen LogP) is 0.886. The molecule has 1 rings (SSSR count). The van der Waals surface area contributed by atoms with E-state index in [9.17, 15) is 14.4 Å². The van der Waals surface area contributed by atoms with E-state index in [1.54, 1.807) is 19.2 Å². The molecule has 0 radical (unpaired) electrons. The average molecular weight is 343 g/mol. The van der Waals surface area contributed by atoms with Gasteiger partial charge in [-0.15, -0.1) is 11.3 Å². The molecule has 1 atom stereocenters. The summed E-state index contributed by atoms with van der Waals surface area (Å²) >= 11 is 1.22. The van der Waals surface area contributed by atoms with Crippen LogP contribution in [0.2, 0.25) is 0 Å². The molecule has 0 aliphatic carbocycles. The predicted molar refractivity (Wildman–Crippen MR) is 85.3 cm³/mol. The van der Waals surface area contributed by atoms with Gasteiger partial charge in [0.1, 0.15) is 6.04 Å². The molecule has 0 aromatic carbocycles. The zero-order valence-corrected chi connectivity index (χ0v) is 14.1. The van der Waals surface area contributed by atoms with Crippen LogP contribution in [0.1, 0.15) is 26.0 Å². The fourth-order valence-electron chi connectivity index (χ4n) is 1.60. The van der Waals surface area contributed by atoms with E-state index in [0.717, 1.165) is 0 Å². The van der Waals surface area contributed by atoms with Gasteiger partial charge < -0.3 is 20.5 Å². The number of hydrogen-bond acceptors (Lipinski definition) is 6. The van der Waals surface area contributed by atoms with E-state index in [0.29, 0.717) is 10.8 Å². The Morgan fingerprint density at radius 3 is 2.65 bits per heavy atom. The number of methoxy groups -OCH3 is 1. The minimum absolute atomic E-state index is 0.0508. The van der Waals surface area contributed by atoms with Gasteiger partial charge in [-0.25, -0.2) is 9.78 Å². The molecule has 0 aliphatic rings. The number of nitrogens with zero attached hydrogens (tertiary/aromatic N) is 1. The highest BCUT2D eigenvalue weighted by atomic mass is 32.1. The monoisotopic (exact) mass is 343 g/mol. The first-order valence-corrected chi connectivity index (χ1v) is 7.97. The first kappa shape index (κ1) is 19.0. The third kappa shape index (κ3) is 6.74. The molecule has 9 heteroatoms. The van der Waals surface area contributed by atoms with Crippen LogP contribution in [0.25, 0.3) is 0 Å². The number of carbonyl (C=O) groups excluding carboxylic acids is 2. The number of anilines is 1. The fraction of sp³-hybridized carbons (Fsp3) is 0.571. The summed E-state index contributed by atoms with van der Waals surface area (Å²) in [5, 5.41) is 16.2. The summed E-state index contributed by atoms with van der Waals surface area (Å²) in [5.41, 5.74) is 0.474. The molecule has 1 aromatic rings. The lowest BCUT2D eigenvalue weighted by Gasteiger charge is -2.13. The SMILES string of the molecule is COCCC(NC(=O)Cc1csc(NC(=O)C(C)C)n1)C(=O)O. The Balaban J connectivity index is 2.55. The van der Waals surface area contributed by atoms with Crippen LogP contribution in [0, 0.1) is 5.92 Å². The van der Waals surface area contributed by atoms with E-state index in [1.165, 1.54) is 18.4 Å². The summed E-state index contributed by atoms with van der Waals surface area (Å²) in [5.74, 6) is -1.87. The van der Waals surface area contributed by atoms with Crippen LogP contribution in [0.4, 0.5) is 5.13 Å². The van der Waals surface area contributed by atoms with Crippen LogP contribution in [0.15, 0.2) is 5.38 Å². The number of thiazole rings is 1. The lowest BCUT2D eigenvalue weighted by Crippen LogP contribution is -2.42. The average Bonchev–Trinajstić information content (AvgIpc) is 2.89. The van der Waals surface area contributed by atoms with Gasteiger partial charge in [-0.3, -0.25) is 9.59 Å². The quantitative estimate of drug-likeness (QED) is 0.613. The molecule has 0 fully saturated rings. The van der Waals surface area contributed by atoms with Gasteiger partial charge in [0, 0.05) is 31.4 Å². The van der Waals surface area contributed by atoms with Gasteiger partial charge in [-0.1, -0.05) is 13.8 Å². The molecule has 8 nitrogen and oxygen atoms in total. The number of carboxylic acids is 1. The molecule has 0 aliphatic heterocycles. The van der Waals surface area contributed by atoms with Gasteiger partial charge in [-0.05, 0) is 0 Å². The molecule has 3 N–H and O–H groups in total. The standard InChI is InChI=1S/C14H21N3O5S/c1-8(2)12(19)17-14-15-9(7-23-14)6-11(18)16-10(13(20)21)4-5-22-3/h7-8,10H,4-6H2,1-3H3,(H,16,18)(H,20,21)(H,15,17,19). The maximum Gasteiger partial charge on any atom is 0.326 e. The summed E-state index contributed by atoms with van der Waals surface area (Å²) < 4.78 is 4.82. The number of carbonyl (C=O) groups is 3. The van der Waals surface area contributed by atoms with Crippen LogP contribution in [0.5, 0.6) is 0 Å².